The van der Waals surface area contributed by atoms with Crippen LogP contribution in [0.4, 0.5) is 5.69 Å². The second kappa shape index (κ2) is 7.90. The quantitative estimate of drug-likeness (QED) is 0.797. The summed E-state index contributed by atoms with van der Waals surface area (Å²) in [5.74, 6) is -0.409. The maximum absolute atomic E-state index is 12.7. The molecule has 1 aromatic heterocycles. The van der Waals surface area contributed by atoms with E-state index in [-0.39, 0.29) is 17.9 Å². The van der Waals surface area contributed by atoms with Crippen LogP contribution in [0.3, 0.4) is 0 Å². The molecule has 3 rings (SSSR count). The molecule has 130 valence electrons. The Morgan fingerprint density at radius 3 is 2.52 bits per heavy atom. The van der Waals surface area contributed by atoms with Crippen molar-refractivity contribution >= 4 is 17.5 Å². The number of aryl methyl sites for hydroxylation is 1. The van der Waals surface area contributed by atoms with Crippen LogP contribution in [0, 0.1) is 6.92 Å². The summed E-state index contributed by atoms with van der Waals surface area (Å²) < 4.78 is 0. The Hall–Kier alpha value is -2.73. The van der Waals surface area contributed by atoms with Crippen molar-refractivity contribution in [3.63, 3.8) is 0 Å². The van der Waals surface area contributed by atoms with Gasteiger partial charge in [0.05, 0.1) is 11.3 Å². The molecule has 1 aromatic carbocycles. The van der Waals surface area contributed by atoms with Gasteiger partial charge in [-0.1, -0.05) is 12.1 Å². The molecule has 0 radical (unpaired) electrons. The Morgan fingerprint density at radius 1 is 1.08 bits per heavy atom. The van der Waals surface area contributed by atoms with Crippen LogP contribution in [0.5, 0.6) is 0 Å². The van der Waals surface area contributed by atoms with E-state index in [0.29, 0.717) is 16.8 Å². The third-order valence-corrected chi connectivity index (χ3v) is 4.37. The first-order valence-electron chi connectivity index (χ1n) is 8.47. The fourth-order valence-electron chi connectivity index (χ4n) is 2.94. The van der Waals surface area contributed by atoms with Gasteiger partial charge in [-0.3, -0.25) is 14.6 Å². The number of amides is 2. The van der Waals surface area contributed by atoms with Crippen LogP contribution >= 0.6 is 0 Å². The van der Waals surface area contributed by atoms with Crippen LogP contribution in [-0.4, -0.2) is 35.9 Å². The van der Waals surface area contributed by atoms with E-state index in [1.54, 1.807) is 30.6 Å². The minimum atomic E-state index is -0.257. The van der Waals surface area contributed by atoms with E-state index >= 15 is 0 Å². The molecule has 0 saturated carbocycles. The molecule has 0 atom stereocenters. The minimum Gasteiger partial charge on any atom is -0.349 e. The van der Waals surface area contributed by atoms with E-state index in [2.05, 4.69) is 20.9 Å². The summed E-state index contributed by atoms with van der Waals surface area (Å²) in [5, 5.41) is 9.23. The van der Waals surface area contributed by atoms with Crippen LogP contribution < -0.4 is 16.0 Å². The smallest absolute Gasteiger partial charge is 0.255 e. The number of anilines is 1. The summed E-state index contributed by atoms with van der Waals surface area (Å²) in [5.41, 5.74) is 2.39. The van der Waals surface area contributed by atoms with Gasteiger partial charge in [0.15, 0.2) is 0 Å². The number of benzene rings is 1. The molecule has 0 unspecified atom stereocenters. The molecule has 3 N–H and O–H groups in total. The van der Waals surface area contributed by atoms with Crippen LogP contribution in [0.15, 0.2) is 42.7 Å². The molecule has 1 aliphatic rings. The summed E-state index contributed by atoms with van der Waals surface area (Å²) >= 11 is 0. The summed E-state index contributed by atoms with van der Waals surface area (Å²) in [6, 6.07) is 8.90. The van der Waals surface area contributed by atoms with E-state index in [1.165, 1.54) is 0 Å². The number of hydrogen-bond donors (Lipinski definition) is 3. The molecule has 6 nitrogen and oxygen atoms in total. The Labute approximate surface area is 147 Å². The highest BCUT2D eigenvalue weighted by atomic mass is 16.2. The number of para-hydroxylation sites is 1. The number of nitrogens with one attached hydrogen (secondary N) is 3. The van der Waals surface area contributed by atoms with Crippen molar-refractivity contribution in [2.24, 2.45) is 0 Å². The number of nitrogens with zero attached hydrogens (tertiary/aromatic N) is 1. The summed E-state index contributed by atoms with van der Waals surface area (Å²) in [7, 11) is 0. The van der Waals surface area contributed by atoms with Gasteiger partial charge in [0.1, 0.15) is 0 Å². The van der Waals surface area contributed by atoms with Crippen LogP contribution in [0.2, 0.25) is 0 Å². The first-order valence-corrected chi connectivity index (χ1v) is 8.47. The fourth-order valence-corrected chi connectivity index (χ4v) is 2.94. The van der Waals surface area contributed by atoms with Crippen molar-refractivity contribution in [2.45, 2.75) is 25.8 Å². The highest BCUT2D eigenvalue weighted by Crippen LogP contribution is 2.22. The summed E-state index contributed by atoms with van der Waals surface area (Å²) in [4.78, 5) is 29.1. The Kier molecular flexibility index (Phi) is 5.40. The average molecular weight is 338 g/mol. The fraction of sp³-hybridized carbons (Fsp3) is 0.316. The first-order chi connectivity index (χ1) is 12.1. The van der Waals surface area contributed by atoms with Gasteiger partial charge in [0, 0.05) is 24.0 Å². The lowest BCUT2D eigenvalue weighted by Crippen LogP contribution is -2.42. The van der Waals surface area contributed by atoms with E-state index in [0.717, 1.165) is 31.5 Å². The highest BCUT2D eigenvalue weighted by molar-refractivity contribution is 6.09. The zero-order valence-electron chi connectivity index (χ0n) is 14.2. The highest BCUT2D eigenvalue weighted by Gasteiger charge is 2.20. The standard InChI is InChI=1S/C19H22N4O2/c1-13-3-2-4-16(19(25)22-15-7-11-21-12-8-15)17(13)23-18(24)14-5-9-20-10-6-14/h2-6,9-10,15,21H,7-8,11-12H2,1H3,(H,22,25)(H,23,24). The van der Waals surface area contributed by atoms with Gasteiger partial charge >= 0.3 is 0 Å². The number of pyridine rings is 1. The van der Waals surface area contributed by atoms with Gasteiger partial charge in [-0.25, -0.2) is 0 Å². The molecular weight excluding hydrogens is 316 g/mol. The van der Waals surface area contributed by atoms with Crippen LogP contribution in [0.1, 0.15) is 39.1 Å². The van der Waals surface area contributed by atoms with Gasteiger partial charge in [-0.15, -0.1) is 0 Å². The molecule has 2 heterocycles. The summed E-state index contributed by atoms with van der Waals surface area (Å²) in [6.45, 7) is 3.69. The van der Waals surface area contributed by atoms with Gasteiger partial charge in [-0.05, 0) is 56.6 Å². The number of rotatable bonds is 4. The van der Waals surface area contributed by atoms with Crippen molar-refractivity contribution in [3.8, 4) is 0 Å². The van der Waals surface area contributed by atoms with Crippen molar-refractivity contribution < 1.29 is 9.59 Å². The maximum atomic E-state index is 12.7. The van der Waals surface area contributed by atoms with Crippen molar-refractivity contribution in [1.82, 2.24) is 15.6 Å². The topological polar surface area (TPSA) is 83.1 Å². The van der Waals surface area contributed by atoms with Crippen molar-refractivity contribution in [1.29, 1.82) is 0 Å². The van der Waals surface area contributed by atoms with Gasteiger partial charge in [-0.2, -0.15) is 0 Å². The number of piperidine rings is 1. The molecular formula is C19H22N4O2. The Morgan fingerprint density at radius 2 is 1.80 bits per heavy atom. The zero-order valence-corrected chi connectivity index (χ0v) is 14.2. The molecule has 2 amide bonds. The van der Waals surface area contributed by atoms with Gasteiger partial charge in [0.25, 0.3) is 11.8 Å². The molecule has 2 aromatic rings. The molecule has 0 bridgehead atoms. The van der Waals surface area contributed by atoms with E-state index < -0.39 is 0 Å². The normalized spacial score (nSPS) is 14.8. The number of carbonyl (C=O) groups is 2. The zero-order chi connectivity index (χ0) is 17.6. The molecule has 0 aliphatic carbocycles. The number of hydrogen-bond acceptors (Lipinski definition) is 4. The second-order valence-electron chi connectivity index (χ2n) is 6.19. The Bertz CT molecular complexity index is 755. The predicted octanol–water partition coefficient (Wildman–Crippen LogP) is 2.12. The number of carbonyl (C=O) groups excluding carboxylic acids is 2. The third-order valence-electron chi connectivity index (χ3n) is 4.37. The van der Waals surface area contributed by atoms with Gasteiger partial charge < -0.3 is 16.0 Å². The SMILES string of the molecule is Cc1cccc(C(=O)NC2CCNCC2)c1NC(=O)c1ccncc1. The lowest BCUT2D eigenvalue weighted by Gasteiger charge is -2.24. The largest absolute Gasteiger partial charge is 0.349 e. The monoisotopic (exact) mass is 338 g/mol. The van der Waals surface area contributed by atoms with Crippen LogP contribution in [0.25, 0.3) is 0 Å². The predicted molar refractivity (Wildman–Crippen MR) is 96.7 cm³/mol. The molecule has 25 heavy (non-hydrogen) atoms. The molecule has 1 saturated heterocycles. The first kappa shape index (κ1) is 17.1. The van der Waals surface area contributed by atoms with Crippen LogP contribution in [-0.2, 0) is 0 Å². The second-order valence-corrected chi connectivity index (χ2v) is 6.19. The van der Waals surface area contributed by atoms with Crippen molar-refractivity contribution in [2.75, 3.05) is 18.4 Å². The van der Waals surface area contributed by atoms with Gasteiger partial charge in [0.2, 0.25) is 0 Å². The van der Waals surface area contributed by atoms with E-state index in [1.807, 2.05) is 19.1 Å². The van der Waals surface area contributed by atoms with E-state index in [9.17, 15) is 9.59 Å². The van der Waals surface area contributed by atoms with E-state index in [4.69, 9.17) is 0 Å². The molecule has 1 fully saturated rings. The lowest BCUT2D eigenvalue weighted by atomic mass is 10.0. The Balaban J connectivity index is 1.79. The number of aromatic nitrogens is 1. The molecule has 0 spiro atoms. The minimum absolute atomic E-state index is 0.152. The third kappa shape index (κ3) is 4.22. The molecule has 6 heteroatoms. The maximum Gasteiger partial charge on any atom is 0.255 e. The molecule has 1 aliphatic heterocycles. The van der Waals surface area contributed by atoms with Crippen molar-refractivity contribution in [3.05, 3.63) is 59.4 Å². The summed E-state index contributed by atoms with van der Waals surface area (Å²) in [6.07, 6.45) is 4.96. The average Bonchev–Trinajstić information content (AvgIpc) is 2.64. The lowest BCUT2D eigenvalue weighted by molar-refractivity contribution is 0.0930.